The van der Waals surface area contributed by atoms with Gasteiger partial charge in [-0.15, -0.1) is 0 Å². The maximum absolute atomic E-state index is 4.29. The van der Waals surface area contributed by atoms with E-state index >= 15 is 0 Å². The summed E-state index contributed by atoms with van der Waals surface area (Å²) < 4.78 is 3.06. The minimum atomic E-state index is 0.339. The summed E-state index contributed by atoms with van der Waals surface area (Å²) in [6.45, 7) is 5.46. The van der Waals surface area contributed by atoms with E-state index in [0.717, 1.165) is 16.3 Å². The summed E-state index contributed by atoms with van der Waals surface area (Å²) >= 11 is 7.02. The van der Waals surface area contributed by atoms with E-state index in [-0.39, 0.29) is 0 Å². The number of aromatic nitrogens is 2. The van der Waals surface area contributed by atoms with Crippen molar-refractivity contribution >= 4 is 31.9 Å². The molecule has 14 heavy (non-hydrogen) atoms. The normalized spacial score (nSPS) is 12.0. The largest absolute Gasteiger partial charge is 0.271 e. The van der Waals surface area contributed by atoms with Crippen LogP contribution in [0, 0.1) is 5.41 Å². The molecule has 1 aromatic heterocycles. The Morgan fingerprint density at radius 3 is 2.43 bits per heavy atom. The smallest absolute Gasteiger partial charge is 0.0632 e. The third kappa shape index (κ3) is 2.83. The molecule has 0 radical (unpaired) electrons. The molecule has 1 aromatic rings. The van der Waals surface area contributed by atoms with Crippen LogP contribution in [0.5, 0.6) is 0 Å². The number of halogens is 2. The summed E-state index contributed by atoms with van der Waals surface area (Å²) in [6.07, 6.45) is 6.21. The highest BCUT2D eigenvalue weighted by Crippen LogP contribution is 2.30. The molecule has 0 spiro atoms. The molecule has 0 aliphatic rings. The van der Waals surface area contributed by atoms with Crippen molar-refractivity contribution in [2.45, 2.75) is 33.2 Å². The molecule has 1 rings (SSSR count). The van der Waals surface area contributed by atoms with Crippen LogP contribution in [0.15, 0.2) is 16.9 Å². The van der Waals surface area contributed by atoms with Crippen molar-refractivity contribution in [3.05, 3.63) is 16.9 Å². The van der Waals surface area contributed by atoms with Crippen LogP contribution in [0.2, 0.25) is 0 Å². The van der Waals surface area contributed by atoms with Crippen molar-refractivity contribution in [1.82, 2.24) is 9.78 Å². The summed E-state index contributed by atoms with van der Waals surface area (Å²) in [5.74, 6) is 0. The Balaban J connectivity index is 2.73. The molecule has 0 bridgehead atoms. The van der Waals surface area contributed by atoms with Gasteiger partial charge in [0.15, 0.2) is 0 Å². The van der Waals surface area contributed by atoms with Crippen molar-refractivity contribution < 1.29 is 0 Å². The molecule has 0 saturated carbocycles. The third-order valence-electron chi connectivity index (χ3n) is 2.88. The van der Waals surface area contributed by atoms with Crippen LogP contribution >= 0.6 is 31.9 Å². The number of alkyl halides is 1. The highest BCUT2D eigenvalue weighted by molar-refractivity contribution is 9.10. The fourth-order valence-electron chi connectivity index (χ4n) is 1.47. The van der Waals surface area contributed by atoms with Gasteiger partial charge in [-0.05, 0) is 34.2 Å². The van der Waals surface area contributed by atoms with E-state index in [9.17, 15) is 0 Å². The van der Waals surface area contributed by atoms with Gasteiger partial charge in [0.1, 0.15) is 0 Å². The number of rotatable bonds is 5. The molecule has 0 unspecified atom stereocenters. The van der Waals surface area contributed by atoms with Gasteiger partial charge in [0, 0.05) is 18.1 Å². The molecule has 4 heteroatoms. The first-order valence-corrected chi connectivity index (χ1v) is 6.81. The number of hydrogen-bond acceptors (Lipinski definition) is 1. The Morgan fingerprint density at radius 2 is 2.07 bits per heavy atom. The molecule has 0 fully saturated rings. The topological polar surface area (TPSA) is 17.8 Å². The van der Waals surface area contributed by atoms with Crippen molar-refractivity contribution in [3.8, 4) is 0 Å². The van der Waals surface area contributed by atoms with Crippen molar-refractivity contribution in [2.24, 2.45) is 5.41 Å². The van der Waals surface area contributed by atoms with Crippen LogP contribution in [0.3, 0.4) is 0 Å². The number of nitrogens with zero attached hydrogens (tertiary/aromatic N) is 2. The lowest BCUT2D eigenvalue weighted by Crippen LogP contribution is -2.27. The van der Waals surface area contributed by atoms with Crippen LogP contribution in [0.25, 0.3) is 0 Å². The lowest BCUT2D eigenvalue weighted by Gasteiger charge is -2.29. The Bertz CT molecular complexity index is 271. The Morgan fingerprint density at radius 1 is 1.43 bits per heavy atom. The van der Waals surface area contributed by atoms with E-state index in [2.05, 4.69) is 50.8 Å². The maximum Gasteiger partial charge on any atom is 0.0632 e. The van der Waals surface area contributed by atoms with Crippen LogP contribution in [-0.4, -0.2) is 15.1 Å². The van der Waals surface area contributed by atoms with E-state index in [0.29, 0.717) is 5.41 Å². The average Bonchev–Trinajstić information content (AvgIpc) is 2.61. The third-order valence-corrected chi connectivity index (χ3v) is 4.48. The van der Waals surface area contributed by atoms with Gasteiger partial charge in [-0.1, -0.05) is 29.8 Å². The standard InChI is InChI=1S/C10H16Br2N2/c1-3-10(4-2,7-11)8-14-6-9(12)5-13-14/h5-6H,3-4,7-8H2,1-2H3. The molecular formula is C10H16Br2N2. The van der Waals surface area contributed by atoms with E-state index in [1.165, 1.54) is 12.8 Å². The summed E-state index contributed by atoms with van der Waals surface area (Å²) in [4.78, 5) is 0. The summed E-state index contributed by atoms with van der Waals surface area (Å²) in [7, 11) is 0. The summed E-state index contributed by atoms with van der Waals surface area (Å²) in [5.41, 5.74) is 0.339. The predicted molar refractivity (Wildman–Crippen MR) is 66.7 cm³/mol. The SMILES string of the molecule is CCC(CC)(CBr)Cn1cc(Br)cn1. The second-order valence-corrected chi connectivity index (χ2v) is 5.17. The second kappa shape index (κ2) is 5.31. The second-order valence-electron chi connectivity index (χ2n) is 3.70. The van der Waals surface area contributed by atoms with Gasteiger partial charge < -0.3 is 0 Å². The van der Waals surface area contributed by atoms with Crippen molar-refractivity contribution in [3.63, 3.8) is 0 Å². The molecular weight excluding hydrogens is 308 g/mol. The van der Waals surface area contributed by atoms with Crippen molar-refractivity contribution in [2.75, 3.05) is 5.33 Å². The minimum absolute atomic E-state index is 0.339. The van der Waals surface area contributed by atoms with Gasteiger partial charge in [-0.25, -0.2) is 0 Å². The van der Waals surface area contributed by atoms with E-state index in [4.69, 9.17) is 0 Å². The van der Waals surface area contributed by atoms with Gasteiger partial charge in [0.25, 0.3) is 0 Å². The van der Waals surface area contributed by atoms with E-state index in [1.54, 1.807) is 0 Å². The zero-order chi connectivity index (χ0) is 10.6. The van der Waals surface area contributed by atoms with E-state index in [1.807, 2.05) is 17.1 Å². The molecule has 0 amide bonds. The Labute approximate surface area is 102 Å². The fourth-order valence-corrected chi connectivity index (χ4v) is 2.77. The molecule has 0 aliphatic carbocycles. The number of hydrogen-bond donors (Lipinski definition) is 0. The zero-order valence-corrected chi connectivity index (χ0v) is 11.8. The molecule has 2 nitrogen and oxygen atoms in total. The molecule has 0 saturated heterocycles. The minimum Gasteiger partial charge on any atom is -0.271 e. The monoisotopic (exact) mass is 322 g/mol. The van der Waals surface area contributed by atoms with Gasteiger partial charge in [-0.3, -0.25) is 4.68 Å². The quantitative estimate of drug-likeness (QED) is 0.753. The van der Waals surface area contributed by atoms with Crippen molar-refractivity contribution in [1.29, 1.82) is 0 Å². The first-order chi connectivity index (χ1) is 6.65. The Hall–Kier alpha value is 0.170. The molecule has 0 atom stereocenters. The highest BCUT2D eigenvalue weighted by atomic mass is 79.9. The van der Waals surface area contributed by atoms with E-state index < -0.39 is 0 Å². The maximum atomic E-state index is 4.29. The van der Waals surface area contributed by atoms with Crippen LogP contribution < -0.4 is 0 Å². The summed E-state index contributed by atoms with van der Waals surface area (Å²) in [5, 5.41) is 5.33. The van der Waals surface area contributed by atoms with Gasteiger partial charge in [0.05, 0.1) is 10.7 Å². The summed E-state index contributed by atoms with van der Waals surface area (Å²) in [6, 6.07) is 0. The molecule has 0 aliphatic heterocycles. The first kappa shape index (κ1) is 12.2. The molecule has 0 aromatic carbocycles. The van der Waals surface area contributed by atoms with Crippen LogP contribution in [0.4, 0.5) is 0 Å². The molecule has 0 N–H and O–H groups in total. The molecule has 1 heterocycles. The van der Waals surface area contributed by atoms with Gasteiger partial charge in [-0.2, -0.15) is 5.10 Å². The predicted octanol–water partition coefficient (Wildman–Crippen LogP) is 3.85. The highest BCUT2D eigenvalue weighted by Gasteiger charge is 2.25. The first-order valence-electron chi connectivity index (χ1n) is 4.89. The van der Waals surface area contributed by atoms with Gasteiger partial charge >= 0.3 is 0 Å². The molecule has 80 valence electrons. The van der Waals surface area contributed by atoms with Crippen LogP contribution in [0.1, 0.15) is 26.7 Å². The lowest BCUT2D eigenvalue weighted by atomic mass is 9.85. The fraction of sp³-hybridized carbons (Fsp3) is 0.700. The van der Waals surface area contributed by atoms with Gasteiger partial charge in [0.2, 0.25) is 0 Å². The Kier molecular flexibility index (Phi) is 4.64. The average molecular weight is 324 g/mol. The zero-order valence-electron chi connectivity index (χ0n) is 8.63. The lowest BCUT2D eigenvalue weighted by molar-refractivity contribution is 0.248. The van der Waals surface area contributed by atoms with Crippen LogP contribution in [-0.2, 0) is 6.54 Å².